The van der Waals surface area contributed by atoms with Gasteiger partial charge in [-0.15, -0.1) is 19.7 Å². The second-order valence-electron chi connectivity index (χ2n) is 35.4. The number of carbonyl (C=O) groups excluding carboxylic acids is 8. The van der Waals surface area contributed by atoms with E-state index < -0.39 is 112 Å². The molecule has 28 heteroatoms. The van der Waals surface area contributed by atoms with E-state index in [9.17, 15) is 53.1 Å². The van der Waals surface area contributed by atoms with E-state index in [1.165, 1.54) is 42.3 Å². The summed E-state index contributed by atoms with van der Waals surface area (Å²) in [4.78, 5) is 123. The molecule has 0 spiro atoms. The van der Waals surface area contributed by atoms with Crippen molar-refractivity contribution in [2.75, 3.05) is 60.8 Å². The van der Waals surface area contributed by atoms with Gasteiger partial charge in [0.05, 0.1) is 58.8 Å². The third kappa shape index (κ3) is 31.8. The number of nitrogens with two attached hydrogens (primary N) is 1. The molecule has 7 fully saturated rings. The van der Waals surface area contributed by atoms with Crippen LogP contribution in [0.2, 0.25) is 0 Å². The third-order valence-electron chi connectivity index (χ3n) is 21.1. The highest BCUT2D eigenvalue weighted by atomic mass is 16.6. The van der Waals surface area contributed by atoms with Crippen molar-refractivity contribution in [1.29, 1.82) is 0 Å². The van der Waals surface area contributed by atoms with Crippen molar-refractivity contribution < 1.29 is 101 Å². The lowest BCUT2D eigenvalue weighted by Gasteiger charge is -2.28. The largest absolute Gasteiger partial charge is 0.480 e. The minimum absolute atomic E-state index is 0.0515. The molecule has 4 saturated carbocycles. The summed E-state index contributed by atoms with van der Waals surface area (Å²) in [6.45, 7) is 37.1. The van der Waals surface area contributed by atoms with Crippen LogP contribution < -0.4 is 27.0 Å². The summed E-state index contributed by atoms with van der Waals surface area (Å²) in [5.74, 6) is 13.6. The van der Waals surface area contributed by atoms with Gasteiger partial charge in [0.25, 0.3) is 0 Å². The predicted octanol–water partition coefficient (Wildman–Crippen LogP) is 11.7. The number of hydrogen-bond donors (Lipinski definition) is 7. The van der Waals surface area contributed by atoms with Crippen LogP contribution in [0.4, 0.5) is 14.4 Å². The number of carboxylic acids is 2. The molecule has 4 aromatic carbocycles. The number of nitrogens with zero attached hydrogens (tertiary/aromatic N) is 2. The molecule has 672 valence electrons. The van der Waals surface area contributed by atoms with E-state index in [0.29, 0.717) is 38.8 Å². The topological polar surface area (TPSA) is 375 Å². The molecule has 11 rings (SSSR count). The molecular formula is C96H127N7O21. The summed E-state index contributed by atoms with van der Waals surface area (Å²) in [7, 11) is 3.94. The second kappa shape index (κ2) is 46.4. The molecule has 124 heavy (non-hydrogen) atoms. The molecule has 5 amide bonds. The Bertz CT molecular complexity index is 4500. The van der Waals surface area contributed by atoms with E-state index in [2.05, 4.69) is 133 Å². The van der Waals surface area contributed by atoms with Gasteiger partial charge in [-0.25, -0.2) is 33.6 Å². The van der Waals surface area contributed by atoms with Crippen LogP contribution >= 0.6 is 0 Å². The number of hydrogen-bond acceptors (Lipinski definition) is 21. The summed E-state index contributed by atoms with van der Waals surface area (Å²) in [5.41, 5.74) is 6.52. The molecule has 3 heterocycles. The van der Waals surface area contributed by atoms with Crippen molar-refractivity contribution in [2.45, 2.75) is 236 Å². The number of methoxy groups -OCH3 is 3. The van der Waals surface area contributed by atoms with Crippen molar-refractivity contribution >= 4 is 59.9 Å². The second-order valence-corrected chi connectivity index (χ2v) is 35.4. The Morgan fingerprint density at radius 2 is 0.935 bits per heavy atom. The number of carboxylic acid groups (broad SMARTS) is 2. The normalized spacial score (nSPS) is 23.8. The quantitative estimate of drug-likeness (QED) is 0.0187. The van der Waals surface area contributed by atoms with Crippen LogP contribution in [0.25, 0.3) is 0 Å². The number of nitrogens with one attached hydrogen (secondary N) is 4. The first-order chi connectivity index (χ1) is 58.4. The fraction of sp³-hybridized carbons (Fsp3) is 0.521. The molecule has 7 aliphatic rings. The van der Waals surface area contributed by atoms with Crippen LogP contribution in [0.1, 0.15) is 175 Å². The molecule has 0 radical (unpaired) electrons. The van der Waals surface area contributed by atoms with Gasteiger partial charge in [0.2, 0.25) is 11.8 Å². The van der Waals surface area contributed by atoms with Crippen molar-refractivity contribution in [3.05, 3.63) is 181 Å². The lowest BCUT2D eigenvalue weighted by atomic mass is 9.87. The first kappa shape index (κ1) is 101. The van der Waals surface area contributed by atoms with E-state index in [1.807, 2.05) is 91.0 Å². The highest BCUT2D eigenvalue weighted by molar-refractivity contribution is 5.95. The first-order valence-corrected chi connectivity index (χ1v) is 41.6. The molecule has 8 N–H and O–H groups in total. The molecule has 4 aliphatic carbocycles. The number of ether oxygens (including phenoxy) is 9. The lowest BCUT2D eigenvalue weighted by Crippen LogP contribution is -2.53. The van der Waals surface area contributed by atoms with E-state index in [4.69, 9.17) is 48.7 Å². The maximum absolute atomic E-state index is 13.2. The summed E-state index contributed by atoms with van der Waals surface area (Å²) in [6.07, 6.45) is 8.70. The van der Waals surface area contributed by atoms with Crippen molar-refractivity contribution in [2.24, 2.45) is 28.9 Å². The Balaban J connectivity index is 0.000000241. The molecule has 3 unspecified atom stereocenters. The third-order valence-corrected chi connectivity index (χ3v) is 21.1. The molecule has 3 saturated heterocycles. The minimum atomic E-state index is -1.15. The average molecular weight is 1720 g/mol. The molecule has 4 aromatic rings. The highest BCUT2D eigenvalue weighted by Crippen LogP contribution is 2.47. The Morgan fingerprint density at radius 3 is 1.30 bits per heavy atom. The van der Waals surface area contributed by atoms with Crippen LogP contribution in [-0.4, -0.2) is 217 Å². The molecular weight excluding hydrogens is 1590 g/mol. The number of carbonyl (C=O) groups is 10. The number of aryl methyl sites for hydroxylation is 1. The molecule has 0 aromatic heterocycles. The number of benzene rings is 4. The van der Waals surface area contributed by atoms with Crippen LogP contribution in [0.15, 0.2) is 153 Å². The number of aliphatic carboxylic acids is 2. The van der Waals surface area contributed by atoms with E-state index in [1.54, 1.807) is 80.5 Å². The molecule has 0 bridgehead atoms. The zero-order valence-electron chi connectivity index (χ0n) is 74.6. The van der Waals surface area contributed by atoms with Gasteiger partial charge >= 0.3 is 48.1 Å². The fourth-order valence-electron chi connectivity index (χ4n) is 13.9. The Labute approximate surface area is 730 Å². The Hall–Kier alpha value is -11.3. The summed E-state index contributed by atoms with van der Waals surface area (Å²) >= 11 is 0. The zero-order chi connectivity index (χ0) is 92.0. The van der Waals surface area contributed by atoms with Crippen LogP contribution in [0.5, 0.6) is 0 Å². The van der Waals surface area contributed by atoms with Gasteiger partial charge in [-0.1, -0.05) is 180 Å². The average Bonchev–Trinajstić information content (AvgIpc) is 1.58. The molecule has 13 atom stereocenters. The number of alkyl carbamates (subject to hydrolysis) is 1. The van der Waals surface area contributed by atoms with Gasteiger partial charge in [-0.05, 0) is 153 Å². The van der Waals surface area contributed by atoms with Crippen molar-refractivity contribution in [1.82, 2.24) is 31.1 Å². The Kier molecular flexibility index (Phi) is 38.0. The van der Waals surface area contributed by atoms with Crippen LogP contribution in [0, 0.1) is 65.6 Å². The smallest absolute Gasteiger partial charge is 0.411 e. The SMILES string of the molecule is C=CC1C[C@]1(N)C(=O)OC.C=CC1C[C@]1(NC(=O)[C@@H]1C[C@@H](OCC#Cc2ccccc2)CN1)C(=O)OC.C=CC1C[C@]1(NC(=O)[C@@H]1C[C@@H](OCC#Cc2ccccc2)CN1C(=O)OC(C)(C)C)C(=O)OC.CC(C)(C)OC(=O)N1C[C@H](OCC#Cc2ccccc2)C[C@H]1C(=O)O.CC(C)(C)[C@H](NC(=O)OC1CCCC1)C(=O)O.Cc1ccc(C(C)(C)C)cc1. The van der Waals surface area contributed by atoms with Crippen molar-refractivity contribution in [3.63, 3.8) is 0 Å². The first-order valence-electron chi connectivity index (χ1n) is 41.6. The predicted molar refractivity (Wildman–Crippen MR) is 468 cm³/mol. The standard InChI is InChI=1S/C26H32N2O6.C21H24N2O4.C19H23NO5.C12H21NO4.C11H16.C7H11NO2/c1-6-19-16-26(19,23(30)32-5)27-22(29)21-15-20(17-28(21)24(31)34-25(2,3)4)33-14-10-13-18-11-8-7-9-12-18;1-3-16-13-21(16,20(25)26-2)23-19(24)18-12-17(14-22-18)27-11-7-10-15-8-5-4-6-9-15;1-19(2,3)25-18(23)20-13-15(12-16(20)17(21)22)24-11-7-10-14-8-5-4-6-9-14;1-12(2,3)9(10(14)15)13-11(16)17-8-6-4-5-7-8;1-9-5-7-10(8-6-9)11(2,3)4;1-3-5-4-7(5,8)6(9)10-2/h6-9,11-12,19-21H,1,14-17H2,2-5H3,(H,27,29);3-6,8-9,16-18,22H,1,11-14H2,2H3,(H,23,24);4-6,8-9,15-16H,11-13H2,1-3H3,(H,21,22);8-9H,4-7H2,1-3H3,(H,13,16)(H,14,15);5-8H,1-4H3;3,5H,1,4,8H2,2H3/t19?,20-,21+,26-;16?,17-,18+,21-;15-,16+;9-;;5?,7-/m1111.1/s1. The molecule has 3 aliphatic heterocycles. The van der Waals surface area contributed by atoms with Gasteiger partial charge in [-0.3, -0.25) is 24.2 Å². The molecule has 28 nitrogen and oxygen atoms in total. The maximum Gasteiger partial charge on any atom is 0.411 e. The zero-order valence-corrected chi connectivity index (χ0v) is 74.6. The highest BCUT2D eigenvalue weighted by Gasteiger charge is 2.63. The summed E-state index contributed by atoms with van der Waals surface area (Å²) in [6, 6.07) is 34.4. The van der Waals surface area contributed by atoms with Gasteiger partial charge in [-0.2, -0.15) is 0 Å². The minimum Gasteiger partial charge on any atom is -0.480 e. The number of likely N-dealkylation sites (tertiary alicyclic amines) is 2. The van der Waals surface area contributed by atoms with E-state index >= 15 is 0 Å². The Morgan fingerprint density at radius 1 is 0.532 bits per heavy atom. The lowest BCUT2D eigenvalue weighted by molar-refractivity contribution is -0.147. The van der Waals surface area contributed by atoms with Crippen LogP contribution in [0.3, 0.4) is 0 Å². The van der Waals surface area contributed by atoms with Gasteiger partial charge in [0, 0.05) is 53.8 Å². The van der Waals surface area contributed by atoms with Crippen molar-refractivity contribution in [3.8, 4) is 35.5 Å². The number of esters is 3. The summed E-state index contributed by atoms with van der Waals surface area (Å²) < 4.78 is 47.4. The van der Waals surface area contributed by atoms with Crippen LogP contribution in [-0.2, 0) is 81.6 Å². The van der Waals surface area contributed by atoms with Gasteiger partial charge in [0.15, 0.2) is 0 Å². The fourth-order valence-corrected chi connectivity index (χ4v) is 13.9. The van der Waals surface area contributed by atoms with Gasteiger partial charge in [0.1, 0.15) is 71.9 Å². The van der Waals surface area contributed by atoms with Gasteiger partial charge < -0.3 is 79.8 Å². The van der Waals surface area contributed by atoms with E-state index in [0.717, 1.165) is 42.4 Å². The maximum atomic E-state index is 13.2. The number of amides is 5. The monoisotopic (exact) mass is 1710 g/mol. The summed E-state index contributed by atoms with van der Waals surface area (Å²) in [5, 5.41) is 29.6. The number of rotatable bonds is 20. The van der Waals surface area contributed by atoms with E-state index in [-0.39, 0.29) is 92.5 Å².